The van der Waals surface area contributed by atoms with Crippen molar-refractivity contribution in [1.82, 2.24) is 9.97 Å². The molecule has 8 nitrogen and oxygen atoms in total. The minimum absolute atomic E-state index is 0.0331. The number of aromatic amines is 2. The first kappa shape index (κ1) is 14.4. The van der Waals surface area contributed by atoms with Crippen LogP contribution in [0.5, 0.6) is 0 Å². The second-order valence-electron chi connectivity index (χ2n) is 6.13. The van der Waals surface area contributed by atoms with Gasteiger partial charge in [0.25, 0.3) is 11.4 Å². The van der Waals surface area contributed by atoms with E-state index in [1.54, 1.807) is 24.3 Å². The van der Waals surface area contributed by atoms with Crippen LogP contribution in [0.25, 0.3) is 43.6 Å². The molecule has 0 aliphatic carbocycles. The van der Waals surface area contributed by atoms with E-state index in [9.17, 15) is 20.2 Å². The van der Waals surface area contributed by atoms with E-state index in [0.29, 0.717) is 0 Å². The minimum atomic E-state index is -0.418. The second kappa shape index (κ2) is 4.79. The third-order valence-electron chi connectivity index (χ3n) is 4.73. The predicted molar refractivity (Wildman–Crippen MR) is 98.5 cm³/mol. The lowest BCUT2D eigenvalue weighted by Crippen LogP contribution is -1.86. The molecule has 0 unspecified atom stereocenters. The summed E-state index contributed by atoms with van der Waals surface area (Å²) in [6, 6.07) is 13.2. The Morgan fingerprint density at radius 3 is 1.42 bits per heavy atom. The Morgan fingerprint density at radius 2 is 1.04 bits per heavy atom. The number of nitro benzene ring substituents is 2. The Balaban J connectivity index is 1.89. The first-order valence-corrected chi connectivity index (χ1v) is 7.81. The Kier molecular flexibility index (Phi) is 2.65. The molecule has 3 aromatic carbocycles. The van der Waals surface area contributed by atoms with E-state index in [-0.39, 0.29) is 11.4 Å². The molecule has 0 aliphatic heterocycles. The molecule has 26 heavy (non-hydrogen) atoms. The van der Waals surface area contributed by atoms with Crippen LogP contribution >= 0.6 is 0 Å². The van der Waals surface area contributed by atoms with Crippen molar-refractivity contribution in [1.29, 1.82) is 0 Å². The van der Waals surface area contributed by atoms with Crippen LogP contribution in [-0.4, -0.2) is 19.8 Å². The van der Waals surface area contributed by atoms with Crippen molar-refractivity contribution < 1.29 is 9.85 Å². The maximum Gasteiger partial charge on any atom is 0.270 e. The second-order valence-corrected chi connectivity index (χ2v) is 6.13. The molecule has 2 aromatic heterocycles. The van der Waals surface area contributed by atoms with Gasteiger partial charge in [-0.15, -0.1) is 0 Å². The van der Waals surface area contributed by atoms with Crippen LogP contribution in [0.1, 0.15) is 0 Å². The van der Waals surface area contributed by atoms with Gasteiger partial charge in [0.2, 0.25) is 0 Å². The monoisotopic (exact) mass is 346 g/mol. The lowest BCUT2D eigenvalue weighted by atomic mass is 10.1. The standard InChI is InChI=1S/C18H10N4O4/c23-21(24)9-1-5-15-13(7-9)11-3-4-12-14-8-10(22(25)26)2-6-16(14)20-18(12)17(11)19-15/h1-8,19-20H. The largest absolute Gasteiger partial charge is 0.353 e. The average molecular weight is 346 g/mol. The SMILES string of the molecule is O=[N+]([O-])c1ccc2[nH]c3c(ccc4c5cc([N+](=O)[O-])ccc5[nH]c43)c2c1. The topological polar surface area (TPSA) is 118 Å². The maximum atomic E-state index is 11.1. The number of H-pyrrole nitrogens is 2. The van der Waals surface area contributed by atoms with E-state index in [2.05, 4.69) is 9.97 Å². The molecular weight excluding hydrogens is 336 g/mol. The molecule has 0 spiro atoms. The van der Waals surface area contributed by atoms with Crippen molar-refractivity contribution in [3.05, 3.63) is 68.8 Å². The zero-order valence-electron chi connectivity index (χ0n) is 13.1. The van der Waals surface area contributed by atoms with Crippen LogP contribution in [0.4, 0.5) is 11.4 Å². The summed E-state index contributed by atoms with van der Waals surface area (Å²) >= 11 is 0. The highest BCUT2D eigenvalue weighted by atomic mass is 16.6. The summed E-state index contributed by atoms with van der Waals surface area (Å²) in [6.45, 7) is 0. The molecule has 0 radical (unpaired) electrons. The zero-order chi connectivity index (χ0) is 18.0. The fourth-order valence-corrected chi connectivity index (χ4v) is 3.54. The summed E-state index contributed by atoms with van der Waals surface area (Å²) in [6.07, 6.45) is 0. The van der Waals surface area contributed by atoms with Crippen molar-refractivity contribution in [2.45, 2.75) is 0 Å². The van der Waals surface area contributed by atoms with Gasteiger partial charge in [0.05, 0.1) is 20.9 Å². The first-order chi connectivity index (χ1) is 12.5. The van der Waals surface area contributed by atoms with Crippen molar-refractivity contribution in [2.24, 2.45) is 0 Å². The molecule has 0 saturated heterocycles. The number of fused-ring (bicyclic) bond motifs is 7. The lowest BCUT2D eigenvalue weighted by molar-refractivity contribution is -0.384. The van der Waals surface area contributed by atoms with Crippen molar-refractivity contribution in [2.75, 3.05) is 0 Å². The molecule has 5 rings (SSSR count). The Hall–Kier alpha value is -3.94. The van der Waals surface area contributed by atoms with Gasteiger partial charge >= 0.3 is 0 Å². The maximum absolute atomic E-state index is 11.1. The van der Waals surface area contributed by atoms with E-state index in [1.165, 1.54) is 12.1 Å². The van der Waals surface area contributed by atoms with Gasteiger partial charge in [0.1, 0.15) is 0 Å². The third-order valence-corrected chi connectivity index (χ3v) is 4.73. The number of rotatable bonds is 2. The summed E-state index contributed by atoms with van der Waals surface area (Å²) < 4.78 is 0. The fourth-order valence-electron chi connectivity index (χ4n) is 3.54. The van der Waals surface area contributed by atoms with Crippen LogP contribution < -0.4 is 0 Å². The van der Waals surface area contributed by atoms with E-state index >= 15 is 0 Å². The van der Waals surface area contributed by atoms with Crippen molar-refractivity contribution in [3.8, 4) is 0 Å². The van der Waals surface area contributed by atoms with Crippen LogP contribution in [0.15, 0.2) is 48.5 Å². The summed E-state index contributed by atoms with van der Waals surface area (Å²) in [5.41, 5.74) is 3.29. The van der Waals surface area contributed by atoms with Crippen LogP contribution in [0.2, 0.25) is 0 Å². The Morgan fingerprint density at radius 1 is 0.615 bits per heavy atom. The number of aromatic nitrogens is 2. The molecule has 5 aromatic rings. The number of nitrogens with zero attached hydrogens (tertiary/aromatic N) is 2. The zero-order valence-corrected chi connectivity index (χ0v) is 13.1. The molecule has 2 heterocycles. The van der Waals surface area contributed by atoms with Gasteiger partial charge in [-0.25, -0.2) is 0 Å². The summed E-state index contributed by atoms with van der Waals surface area (Å²) in [5.74, 6) is 0. The molecule has 126 valence electrons. The van der Waals surface area contributed by atoms with Gasteiger partial charge in [-0.2, -0.15) is 0 Å². The Bertz CT molecular complexity index is 1290. The van der Waals surface area contributed by atoms with E-state index < -0.39 is 9.85 Å². The van der Waals surface area contributed by atoms with Gasteiger partial charge in [-0.1, -0.05) is 12.1 Å². The highest BCUT2D eigenvalue weighted by Crippen LogP contribution is 2.36. The van der Waals surface area contributed by atoms with Gasteiger partial charge in [-0.3, -0.25) is 20.2 Å². The number of non-ortho nitro benzene ring substituents is 2. The normalized spacial score (nSPS) is 11.7. The molecule has 0 saturated carbocycles. The van der Waals surface area contributed by atoms with Crippen molar-refractivity contribution >= 4 is 55.0 Å². The highest BCUT2D eigenvalue weighted by Gasteiger charge is 2.16. The third kappa shape index (κ3) is 1.83. The molecular formula is C18H10N4O4. The van der Waals surface area contributed by atoms with E-state index in [4.69, 9.17) is 0 Å². The van der Waals surface area contributed by atoms with E-state index in [0.717, 1.165) is 43.6 Å². The molecule has 0 aliphatic rings. The molecule has 0 bridgehead atoms. The summed E-state index contributed by atoms with van der Waals surface area (Å²) in [7, 11) is 0. The smallest absolute Gasteiger partial charge is 0.270 e. The summed E-state index contributed by atoms with van der Waals surface area (Å²) in [4.78, 5) is 27.9. The quantitative estimate of drug-likeness (QED) is 0.353. The van der Waals surface area contributed by atoms with E-state index in [1.807, 2.05) is 12.1 Å². The molecule has 0 atom stereocenters. The van der Waals surface area contributed by atoms with Gasteiger partial charge in [0, 0.05) is 56.8 Å². The van der Waals surface area contributed by atoms with Crippen molar-refractivity contribution in [3.63, 3.8) is 0 Å². The average Bonchev–Trinajstić information content (AvgIpc) is 3.18. The number of hydrogen-bond donors (Lipinski definition) is 2. The van der Waals surface area contributed by atoms with Gasteiger partial charge in [0.15, 0.2) is 0 Å². The number of hydrogen-bond acceptors (Lipinski definition) is 4. The number of benzene rings is 3. The van der Waals surface area contributed by atoms with Gasteiger partial charge < -0.3 is 9.97 Å². The first-order valence-electron chi connectivity index (χ1n) is 7.81. The van der Waals surface area contributed by atoms with Crippen LogP contribution in [-0.2, 0) is 0 Å². The number of nitro groups is 2. The highest BCUT2D eigenvalue weighted by molar-refractivity contribution is 6.21. The number of nitrogens with one attached hydrogen (secondary N) is 2. The molecule has 0 fully saturated rings. The fraction of sp³-hybridized carbons (Fsp3) is 0. The summed E-state index contributed by atoms with van der Waals surface area (Å²) in [5, 5.41) is 25.4. The Labute approximate surface area is 144 Å². The molecule has 8 heteroatoms. The minimum Gasteiger partial charge on any atom is -0.353 e. The molecule has 2 N–H and O–H groups in total. The molecule has 0 amide bonds. The van der Waals surface area contributed by atoms with Gasteiger partial charge in [-0.05, 0) is 12.1 Å². The predicted octanol–water partition coefficient (Wildman–Crippen LogP) is 4.77. The lowest BCUT2D eigenvalue weighted by Gasteiger charge is -1.95. The van der Waals surface area contributed by atoms with Crippen LogP contribution in [0.3, 0.4) is 0 Å². The van der Waals surface area contributed by atoms with Crippen LogP contribution in [0, 0.1) is 20.2 Å².